The normalized spacial score (nSPS) is 11.6. The van der Waals surface area contributed by atoms with E-state index in [4.69, 9.17) is 32.7 Å². The molecule has 0 radical (unpaired) electrons. The van der Waals surface area contributed by atoms with E-state index in [-0.39, 0.29) is 0 Å². The molecule has 140 valence electrons. The highest BCUT2D eigenvalue weighted by Crippen LogP contribution is 2.30. The third-order valence-corrected chi connectivity index (χ3v) is 5.33. The van der Waals surface area contributed by atoms with Crippen molar-refractivity contribution in [2.24, 2.45) is 4.99 Å². The molecule has 1 heterocycles. The molecule has 27 heavy (non-hydrogen) atoms. The van der Waals surface area contributed by atoms with Gasteiger partial charge in [-0.3, -0.25) is 4.79 Å². The van der Waals surface area contributed by atoms with Crippen LogP contribution in [0, 0.1) is 0 Å². The van der Waals surface area contributed by atoms with Gasteiger partial charge in [0.2, 0.25) is 0 Å². The monoisotopic (exact) mass is 422 g/mol. The number of rotatable bonds is 5. The van der Waals surface area contributed by atoms with Gasteiger partial charge in [-0.25, -0.2) is 0 Å². The summed E-state index contributed by atoms with van der Waals surface area (Å²) in [4.78, 5) is 17.6. The van der Waals surface area contributed by atoms with E-state index in [1.807, 2.05) is 4.57 Å². The number of nitrogens with zero attached hydrogens (tertiary/aromatic N) is 2. The molecule has 0 N–H and O–H groups in total. The Hall–Kier alpha value is -2.28. The van der Waals surface area contributed by atoms with Crippen LogP contribution in [0.2, 0.25) is 10.0 Å². The molecule has 2 aromatic carbocycles. The Morgan fingerprint density at radius 2 is 1.85 bits per heavy atom. The molecule has 0 aliphatic rings. The number of hydrogen-bond acceptors (Lipinski definition) is 4. The standard InChI is InChI=1S/C19H16Cl2N2O3S/c1-4-5-23-17-15(21)8-12(20)9-16(17)27-19(23)22-18(24)11-6-13(25-2)10-14(7-11)26-3/h4,6-10H,1,5H2,2-3H3. The summed E-state index contributed by atoms with van der Waals surface area (Å²) >= 11 is 13.8. The third-order valence-electron chi connectivity index (χ3n) is 3.80. The first-order valence-electron chi connectivity index (χ1n) is 7.88. The quantitative estimate of drug-likeness (QED) is 0.546. The number of carbonyl (C=O) groups excluding carboxylic acids is 1. The van der Waals surface area contributed by atoms with E-state index in [1.54, 1.807) is 36.4 Å². The van der Waals surface area contributed by atoms with Gasteiger partial charge in [-0.2, -0.15) is 4.99 Å². The Morgan fingerprint density at radius 1 is 1.19 bits per heavy atom. The fraction of sp³-hybridized carbons (Fsp3) is 0.158. The van der Waals surface area contributed by atoms with Gasteiger partial charge in [0.05, 0.1) is 29.5 Å². The summed E-state index contributed by atoms with van der Waals surface area (Å²) in [6, 6.07) is 8.38. The maximum absolute atomic E-state index is 12.8. The average Bonchev–Trinajstić information content (AvgIpc) is 2.98. The number of carbonyl (C=O) groups is 1. The van der Waals surface area contributed by atoms with Gasteiger partial charge in [-0.05, 0) is 24.3 Å². The fourth-order valence-electron chi connectivity index (χ4n) is 2.60. The summed E-state index contributed by atoms with van der Waals surface area (Å²) in [5, 5.41) is 1.02. The summed E-state index contributed by atoms with van der Waals surface area (Å²) in [6.45, 7) is 4.22. The molecule has 0 aliphatic carbocycles. The number of fused-ring (bicyclic) bond motifs is 1. The molecule has 0 atom stereocenters. The number of methoxy groups -OCH3 is 2. The Balaban J connectivity index is 2.18. The smallest absolute Gasteiger partial charge is 0.279 e. The number of hydrogen-bond donors (Lipinski definition) is 0. The molecule has 0 saturated carbocycles. The lowest BCUT2D eigenvalue weighted by Gasteiger charge is -2.06. The number of ether oxygens (including phenoxy) is 2. The van der Waals surface area contributed by atoms with Crippen LogP contribution in [-0.2, 0) is 6.54 Å². The summed E-state index contributed by atoms with van der Waals surface area (Å²) in [5.41, 5.74) is 1.12. The van der Waals surface area contributed by atoms with Crippen LogP contribution in [0.4, 0.5) is 0 Å². The van der Waals surface area contributed by atoms with Crippen LogP contribution < -0.4 is 14.3 Å². The number of benzene rings is 2. The molecule has 0 bridgehead atoms. The fourth-order valence-corrected chi connectivity index (χ4v) is 4.42. The molecule has 3 rings (SSSR count). The van der Waals surface area contributed by atoms with Crippen molar-refractivity contribution in [3.63, 3.8) is 0 Å². The highest BCUT2D eigenvalue weighted by molar-refractivity contribution is 7.16. The van der Waals surface area contributed by atoms with Gasteiger partial charge in [-0.15, -0.1) is 6.58 Å². The van der Waals surface area contributed by atoms with E-state index < -0.39 is 5.91 Å². The Morgan fingerprint density at radius 3 is 2.44 bits per heavy atom. The van der Waals surface area contributed by atoms with Gasteiger partial charge in [-0.1, -0.05) is 40.6 Å². The van der Waals surface area contributed by atoms with E-state index in [2.05, 4.69) is 11.6 Å². The minimum atomic E-state index is -0.418. The highest BCUT2D eigenvalue weighted by atomic mass is 35.5. The van der Waals surface area contributed by atoms with Crippen molar-refractivity contribution in [1.82, 2.24) is 4.57 Å². The summed E-state index contributed by atoms with van der Waals surface area (Å²) in [7, 11) is 3.05. The summed E-state index contributed by atoms with van der Waals surface area (Å²) in [6.07, 6.45) is 1.72. The summed E-state index contributed by atoms with van der Waals surface area (Å²) < 4.78 is 13.1. The van der Waals surface area contributed by atoms with Crippen molar-refractivity contribution in [3.8, 4) is 11.5 Å². The van der Waals surface area contributed by atoms with E-state index >= 15 is 0 Å². The second kappa shape index (κ2) is 8.17. The van der Waals surface area contributed by atoms with Crippen molar-refractivity contribution in [2.45, 2.75) is 6.54 Å². The molecule has 1 aromatic heterocycles. The van der Waals surface area contributed by atoms with Crippen LogP contribution >= 0.6 is 34.5 Å². The van der Waals surface area contributed by atoms with Crippen molar-refractivity contribution >= 4 is 50.7 Å². The van der Waals surface area contributed by atoms with Gasteiger partial charge < -0.3 is 14.0 Å². The zero-order chi connectivity index (χ0) is 19.6. The number of allylic oxidation sites excluding steroid dienone is 1. The Bertz CT molecular complexity index is 1080. The first-order chi connectivity index (χ1) is 13.0. The van der Waals surface area contributed by atoms with E-state index in [1.165, 1.54) is 25.6 Å². The number of thiazole rings is 1. The minimum absolute atomic E-state index is 0.359. The predicted octanol–water partition coefficient (Wildman–Crippen LogP) is 4.95. The van der Waals surface area contributed by atoms with E-state index in [0.717, 1.165) is 10.2 Å². The molecular formula is C19H16Cl2N2O3S. The summed E-state index contributed by atoms with van der Waals surface area (Å²) in [5.74, 6) is 0.606. The SMILES string of the molecule is C=CCn1c(=NC(=O)c2cc(OC)cc(OC)c2)sc2cc(Cl)cc(Cl)c21. The zero-order valence-corrected chi connectivity index (χ0v) is 17.0. The van der Waals surface area contributed by atoms with Gasteiger partial charge in [0.25, 0.3) is 5.91 Å². The number of halogens is 2. The van der Waals surface area contributed by atoms with Crippen LogP contribution in [0.15, 0.2) is 48.0 Å². The van der Waals surface area contributed by atoms with Gasteiger partial charge in [0.1, 0.15) is 11.5 Å². The molecule has 0 aliphatic heterocycles. The molecule has 0 unspecified atom stereocenters. The van der Waals surface area contributed by atoms with Gasteiger partial charge in [0, 0.05) is 23.2 Å². The Labute approximate surface area is 170 Å². The van der Waals surface area contributed by atoms with E-state index in [9.17, 15) is 4.79 Å². The second-order valence-electron chi connectivity index (χ2n) is 5.54. The van der Waals surface area contributed by atoms with Crippen LogP contribution in [0.25, 0.3) is 10.2 Å². The van der Waals surface area contributed by atoms with Crippen molar-refractivity contribution in [2.75, 3.05) is 14.2 Å². The number of amides is 1. The predicted molar refractivity (Wildman–Crippen MR) is 109 cm³/mol. The average molecular weight is 423 g/mol. The lowest BCUT2D eigenvalue weighted by molar-refractivity contribution is 0.0997. The molecule has 8 heteroatoms. The van der Waals surface area contributed by atoms with Crippen LogP contribution in [0.3, 0.4) is 0 Å². The molecule has 0 fully saturated rings. The maximum Gasteiger partial charge on any atom is 0.279 e. The first-order valence-corrected chi connectivity index (χ1v) is 9.45. The topological polar surface area (TPSA) is 52.8 Å². The van der Waals surface area contributed by atoms with Crippen LogP contribution in [0.5, 0.6) is 11.5 Å². The minimum Gasteiger partial charge on any atom is -0.497 e. The highest BCUT2D eigenvalue weighted by Gasteiger charge is 2.13. The van der Waals surface area contributed by atoms with Gasteiger partial charge in [0.15, 0.2) is 4.80 Å². The molecule has 3 aromatic rings. The first kappa shape index (κ1) is 19.5. The molecule has 1 amide bonds. The van der Waals surface area contributed by atoms with Crippen LogP contribution in [0.1, 0.15) is 10.4 Å². The maximum atomic E-state index is 12.8. The van der Waals surface area contributed by atoms with Crippen molar-refractivity contribution in [3.05, 3.63) is 63.4 Å². The molecule has 5 nitrogen and oxygen atoms in total. The lowest BCUT2D eigenvalue weighted by Crippen LogP contribution is -2.16. The number of aromatic nitrogens is 1. The zero-order valence-electron chi connectivity index (χ0n) is 14.7. The van der Waals surface area contributed by atoms with Crippen LogP contribution in [-0.4, -0.2) is 24.7 Å². The largest absolute Gasteiger partial charge is 0.497 e. The second-order valence-corrected chi connectivity index (χ2v) is 7.39. The molecule has 0 spiro atoms. The van der Waals surface area contributed by atoms with Gasteiger partial charge >= 0.3 is 0 Å². The lowest BCUT2D eigenvalue weighted by atomic mass is 10.2. The third kappa shape index (κ3) is 4.03. The van der Waals surface area contributed by atoms with Crippen molar-refractivity contribution < 1.29 is 14.3 Å². The van der Waals surface area contributed by atoms with Crippen molar-refractivity contribution in [1.29, 1.82) is 0 Å². The molecule has 0 saturated heterocycles. The van der Waals surface area contributed by atoms with E-state index in [0.29, 0.717) is 38.5 Å². The molecular weight excluding hydrogens is 407 g/mol. The Kier molecular flexibility index (Phi) is 5.89.